The molecule has 1 spiro atoms. The molecule has 4 amide bonds. The molecule has 5 rings (SSSR count). The number of anilines is 3. The number of nitrogen functional groups attached to an aromatic ring is 1. The van der Waals surface area contributed by atoms with Crippen LogP contribution >= 0.6 is 0 Å². The number of nitrogens with two attached hydrogens (primary N) is 1. The van der Waals surface area contributed by atoms with Crippen molar-refractivity contribution in [2.45, 2.75) is 26.3 Å². The van der Waals surface area contributed by atoms with Crippen LogP contribution in [-0.2, 0) is 16.0 Å². The summed E-state index contributed by atoms with van der Waals surface area (Å²) in [6, 6.07) is 10.6. The maximum absolute atomic E-state index is 13.2. The number of imide groups is 2. The van der Waals surface area contributed by atoms with Gasteiger partial charge in [0.15, 0.2) is 5.41 Å². The zero-order valence-electron chi connectivity index (χ0n) is 17.6. The molecule has 2 fully saturated rings. The largest absolute Gasteiger partial charge is 0.399 e. The van der Waals surface area contributed by atoms with Crippen LogP contribution in [0.25, 0.3) is 0 Å². The summed E-state index contributed by atoms with van der Waals surface area (Å²) < 4.78 is 0. The predicted octanol–water partition coefficient (Wildman–Crippen LogP) is 1.49. The Bertz CT molecular complexity index is 1110. The first-order valence-corrected chi connectivity index (χ1v) is 10.4. The molecule has 0 aliphatic carbocycles. The summed E-state index contributed by atoms with van der Waals surface area (Å²) in [6.07, 6.45) is 0.195. The van der Waals surface area contributed by atoms with E-state index in [1.54, 1.807) is 0 Å². The number of rotatable bonds is 1. The fourth-order valence-electron chi connectivity index (χ4n) is 5.26. The van der Waals surface area contributed by atoms with Crippen LogP contribution in [0.15, 0.2) is 36.4 Å². The smallest absolute Gasteiger partial charge is 0.328 e. The van der Waals surface area contributed by atoms with Gasteiger partial charge in [-0.2, -0.15) is 0 Å². The van der Waals surface area contributed by atoms with Crippen molar-refractivity contribution in [2.24, 2.45) is 5.41 Å². The topological polar surface area (TPSA) is 108 Å². The number of fused-ring (bicyclic) bond motifs is 4. The summed E-state index contributed by atoms with van der Waals surface area (Å²) in [5, 5.41) is 4.68. The number of barbiturate groups is 1. The number of urea groups is 1. The molecule has 0 aromatic heterocycles. The molecule has 160 valence electrons. The van der Waals surface area contributed by atoms with E-state index in [2.05, 4.69) is 46.4 Å². The SMILES string of the molecule is Cc1cccc(N2CCN3c4ccc(N)cc4CC4(C(=O)NC(=O)NC4=O)[C@H]3C2)c1C. The lowest BCUT2D eigenvalue weighted by molar-refractivity contribution is -0.146. The normalized spacial score (nSPS) is 22.0. The van der Waals surface area contributed by atoms with Gasteiger partial charge in [-0.1, -0.05) is 12.1 Å². The van der Waals surface area contributed by atoms with Gasteiger partial charge in [0, 0.05) is 36.7 Å². The predicted molar refractivity (Wildman–Crippen MR) is 118 cm³/mol. The Morgan fingerprint density at radius 1 is 1.00 bits per heavy atom. The Morgan fingerprint density at radius 3 is 2.48 bits per heavy atom. The molecular formula is C23H25N5O3. The summed E-state index contributed by atoms with van der Waals surface area (Å²) in [6.45, 7) is 6.05. The molecule has 0 saturated carbocycles. The average molecular weight is 419 g/mol. The molecule has 2 aromatic carbocycles. The fraction of sp³-hybridized carbons (Fsp3) is 0.348. The fourth-order valence-corrected chi connectivity index (χ4v) is 5.26. The van der Waals surface area contributed by atoms with Crippen molar-refractivity contribution in [3.05, 3.63) is 53.1 Å². The van der Waals surface area contributed by atoms with Crippen LogP contribution in [0.4, 0.5) is 21.9 Å². The molecule has 3 aliphatic heterocycles. The summed E-state index contributed by atoms with van der Waals surface area (Å²) >= 11 is 0. The molecule has 3 heterocycles. The van der Waals surface area contributed by atoms with Gasteiger partial charge in [-0.15, -0.1) is 0 Å². The maximum Gasteiger partial charge on any atom is 0.328 e. The van der Waals surface area contributed by atoms with Crippen molar-refractivity contribution < 1.29 is 14.4 Å². The molecule has 0 bridgehead atoms. The first-order valence-electron chi connectivity index (χ1n) is 10.4. The van der Waals surface area contributed by atoms with Crippen LogP contribution in [0.3, 0.4) is 0 Å². The summed E-state index contributed by atoms with van der Waals surface area (Å²) in [4.78, 5) is 42.7. The van der Waals surface area contributed by atoms with Crippen LogP contribution in [0, 0.1) is 19.3 Å². The highest BCUT2D eigenvalue weighted by Crippen LogP contribution is 2.45. The number of piperazine rings is 1. The van der Waals surface area contributed by atoms with E-state index >= 15 is 0 Å². The van der Waals surface area contributed by atoms with Crippen molar-refractivity contribution in [2.75, 3.05) is 35.2 Å². The van der Waals surface area contributed by atoms with Gasteiger partial charge >= 0.3 is 6.03 Å². The number of amides is 4. The molecular weight excluding hydrogens is 394 g/mol. The van der Waals surface area contributed by atoms with Crippen LogP contribution < -0.4 is 26.2 Å². The van der Waals surface area contributed by atoms with E-state index in [9.17, 15) is 14.4 Å². The third kappa shape index (κ3) is 2.78. The standard InChI is InChI=1S/C23H25N5O3/c1-13-4-3-5-17(14(13)2)27-8-9-28-18-7-6-16(24)10-15(18)11-23(19(28)12-27)20(29)25-22(31)26-21(23)30/h3-7,10,19H,8-9,11-12,24H2,1-2H3,(H2,25,26,29,30,31)/t19-/m1/s1. The lowest BCUT2D eigenvalue weighted by atomic mass is 9.68. The molecule has 4 N–H and O–H groups in total. The van der Waals surface area contributed by atoms with Crippen molar-refractivity contribution in [3.63, 3.8) is 0 Å². The van der Waals surface area contributed by atoms with Gasteiger partial charge in [0.05, 0.1) is 6.04 Å². The quantitative estimate of drug-likeness (QED) is 0.478. The highest BCUT2D eigenvalue weighted by molar-refractivity contribution is 6.20. The van der Waals surface area contributed by atoms with Gasteiger partial charge in [-0.25, -0.2) is 4.79 Å². The van der Waals surface area contributed by atoms with Gasteiger partial charge < -0.3 is 15.5 Å². The summed E-state index contributed by atoms with van der Waals surface area (Å²) in [5.74, 6) is -1.10. The van der Waals surface area contributed by atoms with E-state index in [0.717, 1.165) is 23.5 Å². The molecule has 3 aliphatic rings. The van der Waals surface area contributed by atoms with E-state index in [4.69, 9.17) is 5.73 Å². The maximum atomic E-state index is 13.2. The number of hydrogen-bond donors (Lipinski definition) is 3. The number of benzene rings is 2. The summed E-state index contributed by atoms with van der Waals surface area (Å²) in [7, 11) is 0. The number of carbonyl (C=O) groups is 3. The Hall–Kier alpha value is -3.55. The zero-order chi connectivity index (χ0) is 21.9. The number of hydrogen-bond acceptors (Lipinski definition) is 6. The Morgan fingerprint density at radius 2 is 1.74 bits per heavy atom. The Kier molecular flexibility index (Phi) is 4.22. The average Bonchev–Trinajstić information content (AvgIpc) is 2.73. The van der Waals surface area contributed by atoms with Gasteiger partial charge in [-0.05, 0) is 61.2 Å². The number of nitrogens with zero attached hydrogens (tertiary/aromatic N) is 2. The second-order valence-corrected chi connectivity index (χ2v) is 8.65. The Labute approximate surface area is 180 Å². The van der Waals surface area contributed by atoms with E-state index in [1.165, 1.54) is 11.1 Å². The minimum absolute atomic E-state index is 0.195. The number of nitrogens with one attached hydrogen (secondary N) is 2. The highest BCUT2D eigenvalue weighted by Gasteiger charge is 2.60. The van der Waals surface area contributed by atoms with Gasteiger partial charge in [-0.3, -0.25) is 20.2 Å². The second kappa shape index (κ2) is 6.73. The second-order valence-electron chi connectivity index (χ2n) is 8.65. The van der Waals surface area contributed by atoms with E-state index in [1.807, 2.05) is 24.3 Å². The molecule has 0 unspecified atom stereocenters. The van der Waals surface area contributed by atoms with Crippen LogP contribution in [0.5, 0.6) is 0 Å². The lowest BCUT2D eigenvalue weighted by Crippen LogP contribution is -2.74. The van der Waals surface area contributed by atoms with Crippen LogP contribution in [0.1, 0.15) is 16.7 Å². The summed E-state index contributed by atoms with van der Waals surface area (Å²) in [5.41, 5.74) is 10.5. The van der Waals surface area contributed by atoms with Crippen LogP contribution in [-0.4, -0.2) is 43.5 Å². The number of aryl methyl sites for hydroxylation is 1. The third-order valence-corrected chi connectivity index (χ3v) is 7.01. The van der Waals surface area contributed by atoms with E-state index in [0.29, 0.717) is 18.8 Å². The lowest BCUT2D eigenvalue weighted by Gasteiger charge is -2.54. The molecule has 31 heavy (non-hydrogen) atoms. The van der Waals surface area contributed by atoms with Crippen molar-refractivity contribution in [3.8, 4) is 0 Å². The van der Waals surface area contributed by atoms with Gasteiger partial charge in [0.2, 0.25) is 11.8 Å². The van der Waals surface area contributed by atoms with Gasteiger partial charge in [0.25, 0.3) is 0 Å². The monoisotopic (exact) mass is 419 g/mol. The Balaban J connectivity index is 1.63. The van der Waals surface area contributed by atoms with E-state index in [-0.39, 0.29) is 6.42 Å². The van der Waals surface area contributed by atoms with Gasteiger partial charge in [0.1, 0.15) is 0 Å². The molecule has 2 aromatic rings. The number of carbonyl (C=O) groups excluding carboxylic acids is 3. The van der Waals surface area contributed by atoms with Crippen molar-refractivity contribution in [1.82, 2.24) is 10.6 Å². The molecule has 8 nitrogen and oxygen atoms in total. The highest BCUT2D eigenvalue weighted by atomic mass is 16.2. The molecule has 0 radical (unpaired) electrons. The van der Waals surface area contributed by atoms with Crippen molar-refractivity contribution in [1.29, 1.82) is 0 Å². The minimum atomic E-state index is -1.41. The zero-order valence-corrected chi connectivity index (χ0v) is 17.6. The van der Waals surface area contributed by atoms with Crippen molar-refractivity contribution >= 4 is 34.9 Å². The minimum Gasteiger partial charge on any atom is -0.399 e. The molecule has 1 atom stereocenters. The van der Waals surface area contributed by atoms with E-state index < -0.39 is 29.3 Å². The van der Waals surface area contributed by atoms with Crippen LogP contribution in [0.2, 0.25) is 0 Å². The first-order chi connectivity index (χ1) is 14.8. The first kappa shape index (κ1) is 19.4. The molecule has 8 heteroatoms. The molecule has 2 saturated heterocycles. The third-order valence-electron chi connectivity index (χ3n) is 7.01.